The zero-order valence-electron chi connectivity index (χ0n) is 14.1. The van der Waals surface area contributed by atoms with Gasteiger partial charge < -0.3 is 15.2 Å². The van der Waals surface area contributed by atoms with Crippen molar-refractivity contribution >= 4 is 23.6 Å². The van der Waals surface area contributed by atoms with Gasteiger partial charge in [0.05, 0.1) is 0 Å². The molecule has 0 fully saturated rings. The van der Waals surface area contributed by atoms with Gasteiger partial charge in [0.25, 0.3) is 5.91 Å². The van der Waals surface area contributed by atoms with Crippen LogP contribution < -0.4 is 10.1 Å². The van der Waals surface area contributed by atoms with Gasteiger partial charge >= 0.3 is 5.97 Å². The van der Waals surface area contributed by atoms with Gasteiger partial charge in [0.1, 0.15) is 11.8 Å². The van der Waals surface area contributed by atoms with Crippen LogP contribution in [0, 0.1) is 0 Å². The first-order chi connectivity index (χ1) is 12.0. The fourth-order valence-corrected chi connectivity index (χ4v) is 2.66. The third kappa shape index (κ3) is 5.83. The third-order valence-corrected chi connectivity index (χ3v) is 4.38. The lowest BCUT2D eigenvalue weighted by molar-refractivity contribution is -0.142. The van der Waals surface area contributed by atoms with E-state index in [0.717, 1.165) is 10.5 Å². The van der Waals surface area contributed by atoms with E-state index >= 15 is 0 Å². The van der Waals surface area contributed by atoms with Gasteiger partial charge in [-0.05, 0) is 43.0 Å². The third-order valence-electron chi connectivity index (χ3n) is 3.64. The Morgan fingerprint density at radius 1 is 1.12 bits per heavy atom. The molecule has 0 aromatic heterocycles. The average molecular weight is 359 g/mol. The number of hydrogen-bond donors (Lipinski definition) is 2. The molecule has 5 nitrogen and oxygen atoms in total. The number of aliphatic carboxylic acids is 1. The summed E-state index contributed by atoms with van der Waals surface area (Å²) in [4.78, 5) is 24.8. The zero-order chi connectivity index (χ0) is 18.2. The Bertz CT molecular complexity index is 703. The predicted octanol–water partition coefficient (Wildman–Crippen LogP) is 2.99. The standard InChI is InChI=1S/C19H21NO4S/c1-13(24-15-8-10-16(25-2)11-9-15)18(21)20-17(19(22)23)12-14-6-4-3-5-7-14/h3-11,13,17H,12H2,1-2H3,(H,20,21)(H,22,23)/t13?,17-/m1/s1. The van der Waals surface area contributed by atoms with E-state index in [0.29, 0.717) is 5.75 Å². The van der Waals surface area contributed by atoms with Crippen molar-refractivity contribution in [2.24, 2.45) is 0 Å². The molecule has 1 unspecified atom stereocenters. The van der Waals surface area contributed by atoms with Gasteiger partial charge in [0, 0.05) is 11.3 Å². The highest BCUT2D eigenvalue weighted by molar-refractivity contribution is 7.98. The average Bonchev–Trinajstić information content (AvgIpc) is 2.62. The number of carboxylic acid groups (broad SMARTS) is 1. The van der Waals surface area contributed by atoms with Crippen LogP contribution in [0.25, 0.3) is 0 Å². The fraction of sp³-hybridized carbons (Fsp3) is 0.263. The summed E-state index contributed by atoms with van der Waals surface area (Å²) in [6, 6.07) is 15.6. The quantitative estimate of drug-likeness (QED) is 0.709. The highest BCUT2D eigenvalue weighted by Gasteiger charge is 2.24. The van der Waals surface area contributed by atoms with E-state index in [1.807, 2.05) is 48.7 Å². The molecule has 2 aromatic rings. The monoisotopic (exact) mass is 359 g/mol. The molecular formula is C19H21NO4S. The van der Waals surface area contributed by atoms with Crippen molar-refractivity contribution in [2.75, 3.05) is 6.26 Å². The first-order valence-electron chi connectivity index (χ1n) is 7.87. The van der Waals surface area contributed by atoms with Crippen LogP contribution in [-0.4, -0.2) is 35.4 Å². The Balaban J connectivity index is 1.95. The highest BCUT2D eigenvalue weighted by atomic mass is 32.2. The zero-order valence-corrected chi connectivity index (χ0v) is 15.0. The van der Waals surface area contributed by atoms with E-state index in [4.69, 9.17) is 4.74 Å². The summed E-state index contributed by atoms with van der Waals surface area (Å²) in [5, 5.41) is 11.9. The number of benzene rings is 2. The first-order valence-corrected chi connectivity index (χ1v) is 9.10. The molecule has 0 saturated heterocycles. The molecule has 25 heavy (non-hydrogen) atoms. The molecule has 0 saturated carbocycles. The lowest BCUT2D eigenvalue weighted by Gasteiger charge is -2.19. The Kier molecular flexibility index (Phi) is 6.89. The second-order valence-corrected chi connectivity index (χ2v) is 6.40. The van der Waals surface area contributed by atoms with Crippen LogP contribution in [0.5, 0.6) is 5.75 Å². The number of carboxylic acids is 1. The molecule has 0 heterocycles. The second-order valence-electron chi connectivity index (χ2n) is 5.52. The molecule has 2 atom stereocenters. The minimum absolute atomic E-state index is 0.219. The van der Waals surface area contributed by atoms with Crippen molar-refractivity contribution in [1.29, 1.82) is 0 Å². The minimum Gasteiger partial charge on any atom is -0.481 e. The summed E-state index contributed by atoms with van der Waals surface area (Å²) in [5.74, 6) is -0.971. The van der Waals surface area contributed by atoms with Gasteiger partial charge in [-0.1, -0.05) is 30.3 Å². The Morgan fingerprint density at radius 2 is 1.76 bits per heavy atom. The van der Waals surface area contributed by atoms with E-state index in [2.05, 4.69) is 5.32 Å². The van der Waals surface area contributed by atoms with Gasteiger partial charge in [-0.2, -0.15) is 0 Å². The number of hydrogen-bond acceptors (Lipinski definition) is 4. The van der Waals surface area contributed by atoms with Gasteiger partial charge in [0.15, 0.2) is 6.10 Å². The number of rotatable bonds is 8. The second kappa shape index (κ2) is 9.13. The molecule has 0 spiro atoms. The molecule has 2 N–H and O–H groups in total. The number of ether oxygens (including phenoxy) is 1. The molecule has 0 radical (unpaired) electrons. The number of carbonyl (C=O) groups is 2. The molecule has 0 bridgehead atoms. The molecule has 2 aromatic carbocycles. The summed E-state index contributed by atoms with van der Waals surface area (Å²) < 4.78 is 5.59. The minimum atomic E-state index is -1.08. The van der Waals surface area contributed by atoms with Gasteiger partial charge in [-0.25, -0.2) is 4.79 Å². The van der Waals surface area contributed by atoms with Gasteiger partial charge in [-0.3, -0.25) is 4.79 Å². The summed E-state index contributed by atoms with van der Waals surface area (Å²) in [6.45, 7) is 1.60. The van der Waals surface area contributed by atoms with Crippen LogP contribution in [0.4, 0.5) is 0 Å². The molecule has 132 valence electrons. The van der Waals surface area contributed by atoms with Crippen LogP contribution in [0.15, 0.2) is 59.5 Å². The number of nitrogens with one attached hydrogen (secondary N) is 1. The number of carbonyl (C=O) groups excluding carboxylic acids is 1. The molecule has 1 amide bonds. The van der Waals surface area contributed by atoms with Crippen molar-refractivity contribution in [1.82, 2.24) is 5.32 Å². The lowest BCUT2D eigenvalue weighted by atomic mass is 10.1. The Hall–Kier alpha value is -2.47. The van der Waals surface area contributed by atoms with E-state index in [-0.39, 0.29) is 6.42 Å². The summed E-state index contributed by atoms with van der Waals surface area (Å²) >= 11 is 1.62. The number of amides is 1. The van der Waals surface area contributed by atoms with Crippen molar-refractivity contribution in [2.45, 2.75) is 30.4 Å². The van der Waals surface area contributed by atoms with E-state index in [1.165, 1.54) is 0 Å². The van der Waals surface area contributed by atoms with Crippen molar-refractivity contribution in [3.8, 4) is 5.75 Å². The Labute approximate surface area is 151 Å². The Morgan fingerprint density at radius 3 is 2.32 bits per heavy atom. The molecule has 2 rings (SSSR count). The van der Waals surface area contributed by atoms with Crippen LogP contribution >= 0.6 is 11.8 Å². The molecule has 0 aliphatic heterocycles. The van der Waals surface area contributed by atoms with Crippen molar-refractivity contribution in [3.05, 3.63) is 60.2 Å². The van der Waals surface area contributed by atoms with Gasteiger partial charge in [0.2, 0.25) is 0 Å². The van der Waals surface area contributed by atoms with Crippen LogP contribution in [0.2, 0.25) is 0 Å². The predicted molar refractivity (Wildman–Crippen MR) is 98.0 cm³/mol. The van der Waals surface area contributed by atoms with Crippen LogP contribution in [-0.2, 0) is 16.0 Å². The molecule has 0 aliphatic rings. The fourth-order valence-electron chi connectivity index (χ4n) is 2.25. The van der Waals surface area contributed by atoms with E-state index in [1.54, 1.807) is 30.8 Å². The number of thioether (sulfide) groups is 1. The summed E-state index contributed by atoms with van der Waals surface area (Å²) in [7, 11) is 0. The molecular weight excluding hydrogens is 338 g/mol. The molecule has 0 aliphatic carbocycles. The van der Waals surface area contributed by atoms with Crippen LogP contribution in [0.3, 0.4) is 0 Å². The first kappa shape index (κ1) is 18.9. The van der Waals surface area contributed by atoms with Crippen LogP contribution in [0.1, 0.15) is 12.5 Å². The normalized spacial score (nSPS) is 12.9. The van der Waals surface area contributed by atoms with E-state index in [9.17, 15) is 14.7 Å². The van der Waals surface area contributed by atoms with Crippen molar-refractivity contribution < 1.29 is 19.4 Å². The SMILES string of the molecule is CSc1ccc(OC(C)C(=O)N[C@H](Cc2ccccc2)C(=O)O)cc1. The van der Waals surface area contributed by atoms with Crippen molar-refractivity contribution in [3.63, 3.8) is 0 Å². The highest BCUT2D eigenvalue weighted by Crippen LogP contribution is 2.19. The maximum atomic E-state index is 12.3. The van der Waals surface area contributed by atoms with E-state index < -0.39 is 24.0 Å². The largest absolute Gasteiger partial charge is 0.481 e. The summed E-state index contributed by atoms with van der Waals surface area (Å²) in [5.41, 5.74) is 0.844. The maximum Gasteiger partial charge on any atom is 0.326 e. The lowest BCUT2D eigenvalue weighted by Crippen LogP contribution is -2.47. The smallest absolute Gasteiger partial charge is 0.326 e. The summed E-state index contributed by atoms with van der Waals surface area (Å²) in [6.07, 6.45) is 1.40. The maximum absolute atomic E-state index is 12.3. The topological polar surface area (TPSA) is 75.6 Å². The van der Waals surface area contributed by atoms with Gasteiger partial charge in [-0.15, -0.1) is 11.8 Å². The molecule has 6 heteroatoms.